The van der Waals surface area contributed by atoms with Crippen LogP contribution in [0.3, 0.4) is 0 Å². The molecule has 2 heterocycles. The third-order valence-corrected chi connectivity index (χ3v) is 3.63. The Morgan fingerprint density at radius 1 is 1.56 bits per heavy atom. The summed E-state index contributed by atoms with van der Waals surface area (Å²) in [6.07, 6.45) is 5.55. The molecule has 1 aromatic heterocycles. The van der Waals surface area contributed by atoms with Crippen LogP contribution in [0.25, 0.3) is 0 Å². The molecule has 0 aromatic carbocycles. The zero-order valence-electron chi connectivity index (χ0n) is 11.3. The first kappa shape index (κ1) is 13.3. The van der Waals surface area contributed by atoms with Crippen molar-refractivity contribution in [3.05, 3.63) is 23.9 Å². The van der Waals surface area contributed by atoms with E-state index in [1.54, 1.807) is 6.20 Å². The monoisotopic (exact) mass is 249 g/mol. The summed E-state index contributed by atoms with van der Waals surface area (Å²) in [5.41, 5.74) is 6.90. The molecule has 18 heavy (non-hydrogen) atoms. The van der Waals surface area contributed by atoms with Crippen LogP contribution in [0.1, 0.15) is 37.8 Å². The van der Waals surface area contributed by atoms with E-state index in [4.69, 9.17) is 10.5 Å². The number of nitrogens with zero attached hydrogens (tertiary/aromatic N) is 2. The fourth-order valence-corrected chi connectivity index (χ4v) is 2.40. The van der Waals surface area contributed by atoms with Crippen LogP contribution >= 0.6 is 0 Å². The minimum atomic E-state index is -0.0437. The standard InChI is InChI=1S/C14H23N3O/c1-11(15)13-7-5-8-16-14(13)18-10-12-6-3-4-9-17(12)2/h5,7-8,11-12H,3-4,6,9-10,15H2,1-2H3/t11-,12?/m0/s1. The molecule has 0 spiro atoms. The lowest BCUT2D eigenvalue weighted by atomic mass is 10.0. The summed E-state index contributed by atoms with van der Waals surface area (Å²) in [4.78, 5) is 6.66. The third kappa shape index (κ3) is 3.21. The van der Waals surface area contributed by atoms with Gasteiger partial charge in [0.1, 0.15) is 6.61 Å². The molecule has 1 aromatic rings. The summed E-state index contributed by atoms with van der Waals surface area (Å²) in [6, 6.07) is 4.34. The maximum Gasteiger partial charge on any atom is 0.218 e. The van der Waals surface area contributed by atoms with Crippen LogP contribution in [0.15, 0.2) is 18.3 Å². The van der Waals surface area contributed by atoms with Gasteiger partial charge in [0.2, 0.25) is 5.88 Å². The molecular weight excluding hydrogens is 226 g/mol. The minimum Gasteiger partial charge on any atom is -0.476 e. The van der Waals surface area contributed by atoms with Gasteiger partial charge in [-0.05, 0) is 39.4 Å². The number of hydrogen-bond donors (Lipinski definition) is 1. The van der Waals surface area contributed by atoms with Gasteiger partial charge in [0, 0.05) is 23.8 Å². The van der Waals surface area contributed by atoms with Crippen molar-refractivity contribution in [3.8, 4) is 5.88 Å². The van der Waals surface area contributed by atoms with Crippen molar-refractivity contribution in [2.75, 3.05) is 20.2 Å². The molecule has 0 radical (unpaired) electrons. The average Bonchev–Trinajstić information content (AvgIpc) is 2.38. The van der Waals surface area contributed by atoms with Crippen molar-refractivity contribution in [1.82, 2.24) is 9.88 Å². The molecule has 1 aliphatic rings. The van der Waals surface area contributed by atoms with Crippen LogP contribution in [0.2, 0.25) is 0 Å². The van der Waals surface area contributed by atoms with Crippen molar-refractivity contribution in [3.63, 3.8) is 0 Å². The van der Waals surface area contributed by atoms with Gasteiger partial charge in [0.25, 0.3) is 0 Å². The van der Waals surface area contributed by atoms with Crippen LogP contribution in [-0.2, 0) is 0 Å². The number of likely N-dealkylation sites (tertiary alicyclic amines) is 1. The second kappa shape index (κ2) is 6.16. The Kier molecular flexibility index (Phi) is 4.55. The zero-order valence-corrected chi connectivity index (χ0v) is 11.3. The quantitative estimate of drug-likeness (QED) is 0.886. The molecule has 0 saturated carbocycles. The number of pyridine rings is 1. The van der Waals surface area contributed by atoms with Gasteiger partial charge >= 0.3 is 0 Å². The maximum atomic E-state index is 5.92. The lowest BCUT2D eigenvalue weighted by Crippen LogP contribution is -2.40. The number of likely N-dealkylation sites (N-methyl/N-ethyl adjacent to an activating group) is 1. The molecule has 0 bridgehead atoms. The van der Waals surface area contributed by atoms with Crippen LogP contribution in [0.5, 0.6) is 5.88 Å². The Balaban J connectivity index is 1.97. The van der Waals surface area contributed by atoms with Crippen molar-refractivity contribution >= 4 is 0 Å². The van der Waals surface area contributed by atoms with Crippen molar-refractivity contribution in [1.29, 1.82) is 0 Å². The second-order valence-corrected chi connectivity index (χ2v) is 5.13. The van der Waals surface area contributed by atoms with E-state index in [2.05, 4.69) is 16.9 Å². The van der Waals surface area contributed by atoms with E-state index in [1.807, 2.05) is 19.1 Å². The molecule has 1 fully saturated rings. The van der Waals surface area contributed by atoms with E-state index in [-0.39, 0.29) is 6.04 Å². The number of aromatic nitrogens is 1. The van der Waals surface area contributed by atoms with E-state index in [0.29, 0.717) is 18.5 Å². The molecule has 0 aliphatic carbocycles. The van der Waals surface area contributed by atoms with Crippen molar-refractivity contribution < 1.29 is 4.74 Å². The third-order valence-electron chi connectivity index (χ3n) is 3.63. The highest BCUT2D eigenvalue weighted by Gasteiger charge is 2.20. The Morgan fingerprint density at radius 2 is 2.39 bits per heavy atom. The summed E-state index contributed by atoms with van der Waals surface area (Å²) >= 11 is 0. The summed E-state index contributed by atoms with van der Waals surface area (Å²) in [5.74, 6) is 0.687. The fourth-order valence-electron chi connectivity index (χ4n) is 2.40. The lowest BCUT2D eigenvalue weighted by Gasteiger charge is -2.32. The van der Waals surface area contributed by atoms with Gasteiger partial charge in [-0.1, -0.05) is 12.5 Å². The zero-order chi connectivity index (χ0) is 13.0. The Labute approximate surface area is 109 Å². The van der Waals surface area contributed by atoms with Crippen LogP contribution < -0.4 is 10.5 Å². The SMILES string of the molecule is C[C@H](N)c1cccnc1OCC1CCCCN1C. The molecule has 2 atom stereocenters. The topological polar surface area (TPSA) is 51.4 Å². The van der Waals surface area contributed by atoms with Crippen LogP contribution in [0, 0.1) is 0 Å². The molecule has 100 valence electrons. The highest BCUT2D eigenvalue weighted by Crippen LogP contribution is 2.22. The Hall–Kier alpha value is -1.13. The molecule has 2 N–H and O–H groups in total. The highest BCUT2D eigenvalue weighted by molar-refractivity contribution is 5.28. The lowest BCUT2D eigenvalue weighted by molar-refractivity contribution is 0.122. The van der Waals surface area contributed by atoms with Gasteiger partial charge in [-0.2, -0.15) is 0 Å². The first-order chi connectivity index (χ1) is 8.68. The van der Waals surface area contributed by atoms with Gasteiger partial charge in [0.15, 0.2) is 0 Å². The van der Waals surface area contributed by atoms with E-state index >= 15 is 0 Å². The smallest absolute Gasteiger partial charge is 0.218 e. The number of ether oxygens (including phenoxy) is 1. The number of hydrogen-bond acceptors (Lipinski definition) is 4. The van der Waals surface area contributed by atoms with E-state index in [0.717, 1.165) is 12.1 Å². The molecule has 0 amide bonds. The fraction of sp³-hybridized carbons (Fsp3) is 0.643. The van der Waals surface area contributed by atoms with Crippen molar-refractivity contribution in [2.24, 2.45) is 5.73 Å². The number of rotatable bonds is 4. The average molecular weight is 249 g/mol. The van der Waals surface area contributed by atoms with Crippen LogP contribution in [-0.4, -0.2) is 36.1 Å². The number of nitrogens with two attached hydrogens (primary N) is 1. The van der Waals surface area contributed by atoms with Crippen LogP contribution in [0.4, 0.5) is 0 Å². The number of piperidine rings is 1. The summed E-state index contributed by atoms with van der Waals surface area (Å²) in [5, 5.41) is 0. The molecular formula is C14H23N3O. The van der Waals surface area contributed by atoms with E-state index < -0.39 is 0 Å². The normalized spacial score (nSPS) is 22.7. The molecule has 1 saturated heterocycles. The van der Waals surface area contributed by atoms with Crippen molar-refractivity contribution in [2.45, 2.75) is 38.3 Å². The summed E-state index contributed by atoms with van der Waals surface area (Å²) in [6.45, 7) is 3.82. The largest absolute Gasteiger partial charge is 0.476 e. The van der Waals surface area contributed by atoms with E-state index in [9.17, 15) is 0 Å². The van der Waals surface area contributed by atoms with Gasteiger partial charge < -0.3 is 15.4 Å². The molecule has 1 unspecified atom stereocenters. The first-order valence-electron chi connectivity index (χ1n) is 6.72. The van der Waals surface area contributed by atoms with Gasteiger partial charge in [-0.25, -0.2) is 4.98 Å². The Bertz CT molecular complexity index is 381. The summed E-state index contributed by atoms with van der Waals surface area (Å²) in [7, 11) is 2.16. The predicted molar refractivity (Wildman–Crippen MR) is 72.6 cm³/mol. The molecule has 1 aliphatic heterocycles. The Morgan fingerprint density at radius 3 is 3.11 bits per heavy atom. The first-order valence-corrected chi connectivity index (χ1v) is 6.72. The minimum absolute atomic E-state index is 0.0437. The molecule has 2 rings (SSSR count). The second-order valence-electron chi connectivity index (χ2n) is 5.13. The molecule has 4 heteroatoms. The van der Waals surface area contributed by atoms with Gasteiger partial charge in [-0.3, -0.25) is 0 Å². The predicted octanol–water partition coefficient (Wildman–Crippen LogP) is 1.96. The van der Waals surface area contributed by atoms with Gasteiger partial charge in [0.05, 0.1) is 0 Å². The highest BCUT2D eigenvalue weighted by atomic mass is 16.5. The van der Waals surface area contributed by atoms with Gasteiger partial charge in [-0.15, -0.1) is 0 Å². The summed E-state index contributed by atoms with van der Waals surface area (Å²) < 4.78 is 5.88. The molecule has 4 nitrogen and oxygen atoms in total. The maximum absolute atomic E-state index is 5.92. The van der Waals surface area contributed by atoms with E-state index in [1.165, 1.54) is 19.3 Å².